The average molecular weight is 295 g/mol. The topological polar surface area (TPSA) is 61.4 Å². The van der Waals surface area contributed by atoms with Crippen molar-refractivity contribution in [1.82, 2.24) is 15.5 Å². The Bertz CT molecular complexity index is 598. The summed E-state index contributed by atoms with van der Waals surface area (Å²) in [6.07, 6.45) is 0.920. The molecule has 0 bridgehead atoms. The molecule has 1 aromatic carbocycles. The number of hydrogen-bond acceptors (Lipinski definition) is 3. The van der Waals surface area contributed by atoms with Crippen LogP contribution in [0.5, 0.6) is 0 Å². The van der Waals surface area contributed by atoms with E-state index < -0.39 is 23.2 Å². The van der Waals surface area contributed by atoms with Crippen molar-refractivity contribution >= 4 is 11.9 Å². The number of imide groups is 1. The Labute approximate surface area is 120 Å². The maximum absolute atomic E-state index is 13.6. The first-order valence-corrected chi connectivity index (χ1v) is 6.78. The Morgan fingerprint density at radius 1 is 1.19 bits per heavy atom. The van der Waals surface area contributed by atoms with Crippen LogP contribution < -0.4 is 10.6 Å². The smallest absolute Gasteiger partial charge is 0.322 e. The first kappa shape index (κ1) is 13.9. The second kappa shape index (κ2) is 5.07. The number of carbonyl (C=O) groups excluding carboxylic acids is 2. The lowest BCUT2D eigenvalue weighted by atomic mass is 9.87. The number of piperidine rings is 1. The van der Waals surface area contributed by atoms with E-state index in [1.54, 1.807) is 0 Å². The minimum absolute atomic E-state index is 0.287. The maximum Gasteiger partial charge on any atom is 0.322 e. The number of carbonyl (C=O) groups is 2. The van der Waals surface area contributed by atoms with Crippen LogP contribution in [0.3, 0.4) is 0 Å². The zero-order chi connectivity index (χ0) is 15.0. The fourth-order valence-electron chi connectivity index (χ4n) is 2.88. The Morgan fingerprint density at radius 2 is 1.90 bits per heavy atom. The van der Waals surface area contributed by atoms with Crippen LogP contribution in [0.2, 0.25) is 0 Å². The summed E-state index contributed by atoms with van der Waals surface area (Å²) in [5, 5.41) is 4.90. The fraction of sp³-hybridized carbons (Fsp3) is 0.429. The van der Waals surface area contributed by atoms with E-state index in [1.807, 2.05) is 4.90 Å². The molecule has 3 rings (SSSR count). The van der Waals surface area contributed by atoms with E-state index in [0.717, 1.165) is 12.1 Å². The van der Waals surface area contributed by atoms with Crippen LogP contribution in [0.4, 0.5) is 13.6 Å². The van der Waals surface area contributed by atoms with E-state index >= 15 is 0 Å². The summed E-state index contributed by atoms with van der Waals surface area (Å²) in [5.41, 5.74) is -0.542. The molecule has 1 spiro atoms. The lowest BCUT2D eigenvalue weighted by molar-refractivity contribution is -0.125. The average Bonchev–Trinajstić information content (AvgIpc) is 2.71. The van der Waals surface area contributed by atoms with Gasteiger partial charge in [-0.1, -0.05) is 0 Å². The summed E-state index contributed by atoms with van der Waals surface area (Å²) in [6.45, 7) is 1.35. The number of halogens is 2. The molecule has 2 aliphatic heterocycles. The molecule has 2 N–H and O–H groups in total. The highest BCUT2D eigenvalue weighted by Crippen LogP contribution is 2.26. The highest BCUT2D eigenvalue weighted by atomic mass is 19.1. The minimum Gasteiger partial charge on any atom is -0.323 e. The van der Waals surface area contributed by atoms with E-state index in [-0.39, 0.29) is 12.5 Å². The number of rotatable bonds is 2. The lowest BCUT2D eigenvalue weighted by Crippen LogP contribution is -2.54. The van der Waals surface area contributed by atoms with Gasteiger partial charge in [0.2, 0.25) is 0 Å². The molecule has 7 heteroatoms. The molecule has 0 atom stereocenters. The van der Waals surface area contributed by atoms with Crippen molar-refractivity contribution in [3.05, 3.63) is 35.4 Å². The van der Waals surface area contributed by atoms with Crippen molar-refractivity contribution in [1.29, 1.82) is 0 Å². The van der Waals surface area contributed by atoms with Gasteiger partial charge < -0.3 is 5.32 Å². The second-order valence-corrected chi connectivity index (χ2v) is 5.50. The fourth-order valence-corrected chi connectivity index (χ4v) is 2.88. The van der Waals surface area contributed by atoms with Gasteiger partial charge in [0, 0.05) is 25.2 Å². The number of amides is 3. The quantitative estimate of drug-likeness (QED) is 0.804. The Kier molecular flexibility index (Phi) is 3.36. The van der Waals surface area contributed by atoms with Crippen molar-refractivity contribution < 1.29 is 18.4 Å². The van der Waals surface area contributed by atoms with Gasteiger partial charge in [0.25, 0.3) is 5.91 Å². The molecule has 2 saturated heterocycles. The predicted octanol–water partition coefficient (Wildman–Crippen LogP) is 1.14. The molecule has 0 unspecified atom stereocenters. The van der Waals surface area contributed by atoms with Gasteiger partial charge in [-0.15, -0.1) is 0 Å². The van der Waals surface area contributed by atoms with Crippen molar-refractivity contribution in [2.24, 2.45) is 0 Å². The maximum atomic E-state index is 13.6. The molecule has 21 heavy (non-hydrogen) atoms. The monoisotopic (exact) mass is 295 g/mol. The highest BCUT2D eigenvalue weighted by Gasteiger charge is 2.47. The van der Waals surface area contributed by atoms with E-state index in [1.165, 1.54) is 6.07 Å². The van der Waals surface area contributed by atoms with E-state index in [2.05, 4.69) is 10.6 Å². The first-order valence-electron chi connectivity index (χ1n) is 6.78. The van der Waals surface area contributed by atoms with Gasteiger partial charge in [0.1, 0.15) is 17.2 Å². The van der Waals surface area contributed by atoms with Gasteiger partial charge in [-0.05, 0) is 31.0 Å². The third kappa shape index (κ3) is 2.61. The molecule has 5 nitrogen and oxygen atoms in total. The van der Waals surface area contributed by atoms with Crippen LogP contribution >= 0.6 is 0 Å². The van der Waals surface area contributed by atoms with E-state index in [0.29, 0.717) is 31.5 Å². The molecule has 2 heterocycles. The summed E-state index contributed by atoms with van der Waals surface area (Å²) in [5.74, 6) is -1.21. The third-order valence-corrected chi connectivity index (χ3v) is 4.13. The van der Waals surface area contributed by atoms with Gasteiger partial charge in [-0.25, -0.2) is 13.6 Å². The summed E-state index contributed by atoms with van der Waals surface area (Å²) >= 11 is 0. The van der Waals surface area contributed by atoms with Gasteiger partial charge in [0.15, 0.2) is 0 Å². The zero-order valence-corrected chi connectivity index (χ0v) is 11.3. The first-order chi connectivity index (χ1) is 9.98. The molecule has 3 amide bonds. The van der Waals surface area contributed by atoms with Crippen molar-refractivity contribution in [3.8, 4) is 0 Å². The van der Waals surface area contributed by atoms with Crippen LogP contribution in [0.1, 0.15) is 18.4 Å². The molecule has 0 aromatic heterocycles. The number of likely N-dealkylation sites (tertiary alicyclic amines) is 1. The van der Waals surface area contributed by atoms with Crippen molar-refractivity contribution in [2.45, 2.75) is 24.9 Å². The van der Waals surface area contributed by atoms with Crippen LogP contribution in [0, 0.1) is 11.6 Å². The lowest BCUT2D eigenvalue weighted by Gasteiger charge is -2.37. The molecule has 0 radical (unpaired) electrons. The molecular formula is C14H15F2N3O2. The van der Waals surface area contributed by atoms with Gasteiger partial charge in [-0.3, -0.25) is 15.0 Å². The Morgan fingerprint density at radius 3 is 2.52 bits per heavy atom. The van der Waals surface area contributed by atoms with Crippen LogP contribution in [-0.4, -0.2) is 35.5 Å². The molecule has 0 aliphatic carbocycles. The van der Waals surface area contributed by atoms with Gasteiger partial charge in [0.05, 0.1) is 0 Å². The van der Waals surface area contributed by atoms with Crippen molar-refractivity contribution in [3.63, 3.8) is 0 Å². The molecule has 2 aliphatic rings. The minimum atomic E-state index is -0.839. The van der Waals surface area contributed by atoms with Gasteiger partial charge >= 0.3 is 6.03 Å². The molecule has 1 aromatic rings. The zero-order valence-electron chi connectivity index (χ0n) is 11.3. The number of hydrogen-bond donors (Lipinski definition) is 2. The third-order valence-electron chi connectivity index (χ3n) is 4.13. The molecule has 112 valence electrons. The van der Waals surface area contributed by atoms with Crippen LogP contribution in [0.15, 0.2) is 18.2 Å². The molecule has 2 fully saturated rings. The largest absolute Gasteiger partial charge is 0.323 e. The number of nitrogens with zero attached hydrogens (tertiary/aromatic N) is 1. The molecular weight excluding hydrogens is 280 g/mol. The highest BCUT2D eigenvalue weighted by molar-refractivity contribution is 6.07. The van der Waals surface area contributed by atoms with Crippen molar-refractivity contribution in [2.75, 3.05) is 13.1 Å². The number of benzene rings is 1. The predicted molar refractivity (Wildman–Crippen MR) is 70.3 cm³/mol. The Balaban J connectivity index is 1.65. The normalized spacial score (nSPS) is 21.4. The standard InChI is InChI=1S/C14H15F2N3O2/c15-10-1-2-11(16)9(7-10)8-19-5-3-14(4-6-19)12(20)17-13(21)18-14/h1-2,7H,3-6,8H2,(H2,17,18,20,21). The van der Waals surface area contributed by atoms with Crippen LogP contribution in [-0.2, 0) is 11.3 Å². The number of urea groups is 1. The summed E-state index contributed by atoms with van der Waals surface area (Å²) < 4.78 is 26.8. The SMILES string of the molecule is O=C1NC(=O)C2(CCN(Cc3cc(F)ccc3F)CC2)N1. The van der Waals surface area contributed by atoms with Gasteiger partial charge in [-0.2, -0.15) is 0 Å². The Hall–Kier alpha value is -2.02. The van der Waals surface area contributed by atoms with Crippen LogP contribution in [0.25, 0.3) is 0 Å². The van der Waals surface area contributed by atoms with E-state index in [4.69, 9.17) is 0 Å². The summed E-state index contributed by atoms with van der Waals surface area (Å²) in [7, 11) is 0. The van der Waals surface area contributed by atoms with E-state index in [9.17, 15) is 18.4 Å². The second-order valence-electron chi connectivity index (χ2n) is 5.50. The molecule has 0 saturated carbocycles. The summed E-state index contributed by atoms with van der Waals surface area (Å²) in [4.78, 5) is 25.0. The number of nitrogens with one attached hydrogen (secondary N) is 2. The summed E-state index contributed by atoms with van der Waals surface area (Å²) in [6, 6.07) is 2.91.